The molecule has 0 atom stereocenters. The van der Waals surface area contributed by atoms with Gasteiger partial charge in [0.2, 0.25) is 0 Å². The minimum atomic E-state index is -0.428. The zero-order chi connectivity index (χ0) is 22.0. The van der Waals surface area contributed by atoms with Gasteiger partial charge in [0, 0.05) is 23.5 Å². The molecule has 3 aromatic rings. The number of phenolic OH excluding ortho intramolecular Hbond substituents is 1. The Morgan fingerprint density at radius 1 is 1.06 bits per heavy atom. The van der Waals surface area contributed by atoms with Crippen LogP contribution in [0.2, 0.25) is 0 Å². The molecule has 3 N–H and O–H groups in total. The van der Waals surface area contributed by atoms with Gasteiger partial charge < -0.3 is 24.9 Å². The second-order valence-electron chi connectivity index (χ2n) is 7.82. The van der Waals surface area contributed by atoms with Crippen molar-refractivity contribution in [1.82, 2.24) is 4.57 Å². The van der Waals surface area contributed by atoms with Crippen molar-refractivity contribution in [2.45, 2.75) is 39.7 Å². The molecular weight excluding hydrogens is 392 g/mol. The molecule has 0 spiro atoms. The SMILES string of the molecule is CCCc1c(-c2ccc3c(c2)OCCO3)c(C(N)=O)c(C)n1CCc1ccc(O)cc1. The number of fused-ring (bicyclic) bond motifs is 1. The van der Waals surface area contributed by atoms with Crippen molar-refractivity contribution in [1.29, 1.82) is 0 Å². The summed E-state index contributed by atoms with van der Waals surface area (Å²) in [6.45, 7) is 5.85. The fourth-order valence-electron chi connectivity index (χ4n) is 4.31. The molecule has 0 saturated heterocycles. The van der Waals surface area contributed by atoms with Crippen LogP contribution < -0.4 is 15.2 Å². The van der Waals surface area contributed by atoms with Crippen LogP contribution in [-0.2, 0) is 19.4 Å². The predicted octanol–water partition coefficient (Wildman–Crippen LogP) is 4.23. The smallest absolute Gasteiger partial charge is 0.251 e. The van der Waals surface area contributed by atoms with Gasteiger partial charge in [-0.3, -0.25) is 4.79 Å². The van der Waals surface area contributed by atoms with Gasteiger partial charge >= 0.3 is 0 Å². The first-order valence-electron chi connectivity index (χ1n) is 10.7. The van der Waals surface area contributed by atoms with Crippen molar-refractivity contribution in [2.24, 2.45) is 5.73 Å². The van der Waals surface area contributed by atoms with Gasteiger partial charge in [-0.1, -0.05) is 31.5 Å². The van der Waals surface area contributed by atoms with Crippen molar-refractivity contribution in [3.63, 3.8) is 0 Å². The van der Waals surface area contributed by atoms with E-state index in [1.165, 1.54) is 0 Å². The van der Waals surface area contributed by atoms with Gasteiger partial charge in [0.15, 0.2) is 11.5 Å². The lowest BCUT2D eigenvalue weighted by atomic mass is 9.97. The highest BCUT2D eigenvalue weighted by Gasteiger charge is 2.25. The number of aryl methyl sites for hydroxylation is 1. The number of phenols is 1. The van der Waals surface area contributed by atoms with Gasteiger partial charge in [-0.15, -0.1) is 0 Å². The first-order valence-corrected chi connectivity index (χ1v) is 10.7. The van der Waals surface area contributed by atoms with Crippen LogP contribution >= 0.6 is 0 Å². The van der Waals surface area contributed by atoms with Gasteiger partial charge in [-0.25, -0.2) is 0 Å². The third kappa shape index (κ3) is 4.10. The first-order chi connectivity index (χ1) is 15.0. The van der Waals surface area contributed by atoms with Gasteiger partial charge in [0.1, 0.15) is 19.0 Å². The van der Waals surface area contributed by atoms with E-state index in [9.17, 15) is 9.90 Å². The predicted molar refractivity (Wildman–Crippen MR) is 120 cm³/mol. The van der Waals surface area contributed by atoms with E-state index >= 15 is 0 Å². The van der Waals surface area contributed by atoms with Gasteiger partial charge in [-0.05, 0) is 55.2 Å². The van der Waals surface area contributed by atoms with Crippen LogP contribution in [-0.4, -0.2) is 28.8 Å². The third-order valence-corrected chi connectivity index (χ3v) is 5.76. The molecular formula is C25H28N2O4. The minimum absolute atomic E-state index is 0.254. The number of aromatic nitrogens is 1. The number of nitrogens with zero attached hydrogens (tertiary/aromatic N) is 1. The second kappa shape index (κ2) is 8.76. The Balaban J connectivity index is 1.79. The molecule has 2 aromatic carbocycles. The van der Waals surface area contributed by atoms with E-state index in [1.54, 1.807) is 12.1 Å². The highest BCUT2D eigenvalue weighted by molar-refractivity contribution is 6.02. The monoisotopic (exact) mass is 420 g/mol. The molecule has 1 aliphatic rings. The van der Waals surface area contributed by atoms with E-state index in [-0.39, 0.29) is 5.75 Å². The molecule has 0 bridgehead atoms. The van der Waals surface area contributed by atoms with Crippen molar-refractivity contribution < 1.29 is 19.4 Å². The summed E-state index contributed by atoms with van der Waals surface area (Å²) in [5.41, 5.74) is 11.3. The van der Waals surface area contributed by atoms with Crippen LogP contribution in [0.5, 0.6) is 17.2 Å². The summed E-state index contributed by atoms with van der Waals surface area (Å²) < 4.78 is 13.6. The summed E-state index contributed by atoms with van der Waals surface area (Å²) in [5, 5.41) is 9.54. The summed E-state index contributed by atoms with van der Waals surface area (Å²) in [4.78, 5) is 12.5. The lowest BCUT2D eigenvalue weighted by Gasteiger charge is -2.19. The number of aromatic hydroxyl groups is 1. The van der Waals surface area contributed by atoms with Crippen LogP contribution in [0.1, 0.15) is 40.7 Å². The highest BCUT2D eigenvalue weighted by atomic mass is 16.6. The molecule has 31 heavy (non-hydrogen) atoms. The largest absolute Gasteiger partial charge is 0.508 e. The number of nitrogens with two attached hydrogens (primary N) is 1. The van der Waals surface area contributed by atoms with E-state index in [1.807, 2.05) is 37.3 Å². The molecule has 6 nitrogen and oxygen atoms in total. The van der Waals surface area contributed by atoms with Crippen molar-refractivity contribution >= 4 is 5.91 Å². The van der Waals surface area contributed by atoms with E-state index in [2.05, 4.69) is 11.5 Å². The van der Waals surface area contributed by atoms with Gasteiger partial charge in [-0.2, -0.15) is 0 Å². The molecule has 0 fully saturated rings. The third-order valence-electron chi connectivity index (χ3n) is 5.76. The number of benzene rings is 2. The van der Waals surface area contributed by atoms with Crippen LogP contribution in [0.25, 0.3) is 11.1 Å². The van der Waals surface area contributed by atoms with E-state index < -0.39 is 5.91 Å². The Labute approximate surface area is 182 Å². The summed E-state index contributed by atoms with van der Waals surface area (Å²) in [6, 6.07) is 13.0. The summed E-state index contributed by atoms with van der Waals surface area (Å²) in [6.07, 6.45) is 2.55. The van der Waals surface area contributed by atoms with Crippen molar-refractivity contribution in [2.75, 3.05) is 13.2 Å². The van der Waals surface area contributed by atoms with Gasteiger partial charge in [0.05, 0.1) is 5.56 Å². The molecule has 1 aliphatic heterocycles. The van der Waals surface area contributed by atoms with Gasteiger partial charge in [0.25, 0.3) is 5.91 Å². The van der Waals surface area contributed by atoms with Crippen LogP contribution in [0.4, 0.5) is 0 Å². The van der Waals surface area contributed by atoms with Crippen LogP contribution in [0.3, 0.4) is 0 Å². The van der Waals surface area contributed by atoms with E-state index in [0.29, 0.717) is 24.5 Å². The number of hydrogen-bond acceptors (Lipinski definition) is 4. The molecule has 0 unspecified atom stereocenters. The zero-order valence-corrected chi connectivity index (χ0v) is 18.0. The van der Waals surface area contributed by atoms with E-state index in [0.717, 1.165) is 59.6 Å². The van der Waals surface area contributed by atoms with Crippen LogP contribution in [0.15, 0.2) is 42.5 Å². The molecule has 0 saturated carbocycles. The molecule has 4 rings (SSSR count). The molecule has 1 amide bonds. The molecule has 6 heteroatoms. The Kier molecular flexibility index (Phi) is 5.89. The number of rotatable bonds is 7. The number of amides is 1. The number of carbonyl (C=O) groups excluding carboxylic acids is 1. The number of ether oxygens (including phenoxy) is 2. The number of carbonyl (C=O) groups is 1. The Morgan fingerprint density at radius 3 is 2.45 bits per heavy atom. The summed E-state index contributed by atoms with van der Waals surface area (Å²) in [7, 11) is 0. The Morgan fingerprint density at radius 2 is 1.77 bits per heavy atom. The quantitative estimate of drug-likeness (QED) is 0.599. The van der Waals surface area contributed by atoms with Crippen LogP contribution in [0, 0.1) is 6.92 Å². The first kappa shape index (κ1) is 20.8. The Bertz CT molecular complexity index is 1100. The normalized spacial score (nSPS) is 12.7. The number of hydrogen-bond donors (Lipinski definition) is 2. The fourth-order valence-corrected chi connectivity index (χ4v) is 4.31. The average molecular weight is 421 g/mol. The lowest BCUT2D eigenvalue weighted by molar-refractivity contribution is 0.1000. The fraction of sp³-hybridized carbons (Fsp3) is 0.320. The molecule has 2 heterocycles. The van der Waals surface area contributed by atoms with Crippen molar-refractivity contribution in [3.8, 4) is 28.4 Å². The topological polar surface area (TPSA) is 86.7 Å². The summed E-state index contributed by atoms with van der Waals surface area (Å²) >= 11 is 0. The van der Waals surface area contributed by atoms with E-state index in [4.69, 9.17) is 15.2 Å². The zero-order valence-electron chi connectivity index (χ0n) is 18.0. The molecule has 0 aliphatic carbocycles. The number of primary amides is 1. The van der Waals surface area contributed by atoms with Crippen molar-refractivity contribution in [3.05, 3.63) is 65.0 Å². The second-order valence-corrected chi connectivity index (χ2v) is 7.82. The molecule has 1 aromatic heterocycles. The maximum Gasteiger partial charge on any atom is 0.251 e. The Hall–Kier alpha value is -3.41. The standard InChI is InChI=1S/C25H28N2O4/c1-3-4-20-24(18-7-10-21-22(15-18)31-14-13-30-21)23(25(26)29)16(2)27(20)12-11-17-5-8-19(28)9-6-17/h5-10,15,28H,3-4,11-14H2,1-2H3,(H2,26,29). The highest BCUT2D eigenvalue weighted by Crippen LogP contribution is 2.39. The minimum Gasteiger partial charge on any atom is -0.508 e. The molecule has 162 valence electrons. The maximum atomic E-state index is 12.5. The summed E-state index contributed by atoms with van der Waals surface area (Å²) in [5.74, 6) is 1.24. The lowest BCUT2D eigenvalue weighted by Crippen LogP contribution is -2.15. The average Bonchev–Trinajstić information content (AvgIpc) is 3.05. The maximum absolute atomic E-state index is 12.5. The molecule has 0 radical (unpaired) electrons.